The number of nitriles is 1. The fourth-order valence-corrected chi connectivity index (χ4v) is 2.79. The van der Waals surface area contributed by atoms with Gasteiger partial charge in [0.15, 0.2) is 0 Å². The largest absolute Gasteiger partial charge is 0.379 e. The van der Waals surface area contributed by atoms with Crippen molar-refractivity contribution in [1.82, 2.24) is 14.8 Å². The molecule has 1 fully saturated rings. The summed E-state index contributed by atoms with van der Waals surface area (Å²) in [6, 6.07) is 13.3. The summed E-state index contributed by atoms with van der Waals surface area (Å²) in [5.74, 6) is -0.228. The molecular formula is C18H20N4O2. The van der Waals surface area contributed by atoms with Gasteiger partial charge in [-0.15, -0.1) is 0 Å². The lowest BCUT2D eigenvalue weighted by molar-refractivity contribution is 0.0383. The van der Waals surface area contributed by atoms with Crippen LogP contribution >= 0.6 is 0 Å². The Morgan fingerprint density at radius 2 is 1.96 bits per heavy atom. The van der Waals surface area contributed by atoms with Gasteiger partial charge in [-0.25, -0.2) is 0 Å². The van der Waals surface area contributed by atoms with Crippen LogP contribution in [0.1, 0.15) is 16.1 Å². The molecule has 0 spiro atoms. The van der Waals surface area contributed by atoms with Crippen LogP contribution in [0.25, 0.3) is 5.69 Å². The van der Waals surface area contributed by atoms with Crippen LogP contribution in [-0.2, 0) is 4.74 Å². The van der Waals surface area contributed by atoms with Crippen molar-refractivity contribution in [2.45, 2.75) is 0 Å². The van der Waals surface area contributed by atoms with Gasteiger partial charge in [0.1, 0.15) is 11.8 Å². The maximum absolute atomic E-state index is 12.6. The quantitative estimate of drug-likeness (QED) is 0.903. The van der Waals surface area contributed by atoms with E-state index in [4.69, 9.17) is 4.74 Å². The Morgan fingerprint density at radius 3 is 2.67 bits per heavy atom. The highest BCUT2D eigenvalue weighted by atomic mass is 16.5. The van der Waals surface area contributed by atoms with Crippen molar-refractivity contribution in [3.63, 3.8) is 0 Å². The first-order valence-corrected chi connectivity index (χ1v) is 8.05. The van der Waals surface area contributed by atoms with Gasteiger partial charge in [-0.1, -0.05) is 18.2 Å². The van der Waals surface area contributed by atoms with E-state index in [0.717, 1.165) is 38.5 Å². The SMILES string of the molecule is N#Cc1ccn(-c2ccccc2)c1C(=O)NCCN1CCOCC1. The molecule has 0 radical (unpaired) electrons. The lowest BCUT2D eigenvalue weighted by Crippen LogP contribution is -2.41. The lowest BCUT2D eigenvalue weighted by atomic mass is 10.2. The maximum atomic E-state index is 12.6. The van der Waals surface area contributed by atoms with Gasteiger partial charge in [-0.05, 0) is 18.2 Å². The third-order valence-corrected chi connectivity index (χ3v) is 4.07. The Hall–Kier alpha value is -2.62. The number of benzene rings is 1. The van der Waals surface area contributed by atoms with Gasteiger partial charge in [0, 0.05) is 38.1 Å². The van der Waals surface area contributed by atoms with E-state index in [9.17, 15) is 10.1 Å². The summed E-state index contributed by atoms with van der Waals surface area (Å²) in [5, 5.41) is 12.2. The first-order valence-electron chi connectivity index (χ1n) is 8.05. The molecule has 0 atom stereocenters. The number of rotatable bonds is 5. The smallest absolute Gasteiger partial charge is 0.269 e. The molecule has 0 saturated carbocycles. The highest BCUT2D eigenvalue weighted by molar-refractivity contribution is 5.95. The van der Waals surface area contributed by atoms with E-state index in [1.807, 2.05) is 30.3 Å². The van der Waals surface area contributed by atoms with Crippen LogP contribution < -0.4 is 5.32 Å². The zero-order chi connectivity index (χ0) is 16.8. The molecule has 0 unspecified atom stereocenters. The predicted molar refractivity (Wildman–Crippen MR) is 90.1 cm³/mol. The van der Waals surface area contributed by atoms with Crippen molar-refractivity contribution in [1.29, 1.82) is 5.26 Å². The van der Waals surface area contributed by atoms with Crippen molar-refractivity contribution in [2.24, 2.45) is 0 Å². The van der Waals surface area contributed by atoms with Crippen LogP contribution in [0.4, 0.5) is 0 Å². The number of hydrogen-bond acceptors (Lipinski definition) is 4. The fraction of sp³-hybridized carbons (Fsp3) is 0.333. The number of hydrogen-bond donors (Lipinski definition) is 1. The first kappa shape index (κ1) is 16.2. The molecule has 1 aromatic heterocycles. The number of carbonyl (C=O) groups is 1. The number of carbonyl (C=O) groups excluding carboxylic acids is 1. The van der Waals surface area contributed by atoms with Gasteiger partial charge >= 0.3 is 0 Å². The van der Waals surface area contributed by atoms with E-state index < -0.39 is 0 Å². The fourth-order valence-electron chi connectivity index (χ4n) is 2.79. The number of amides is 1. The van der Waals surface area contributed by atoms with E-state index in [2.05, 4.69) is 16.3 Å². The molecule has 1 N–H and O–H groups in total. The Bertz CT molecular complexity index is 727. The molecule has 1 aliphatic rings. The van der Waals surface area contributed by atoms with E-state index in [-0.39, 0.29) is 5.91 Å². The van der Waals surface area contributed by atoms with Gasteiger partial charge < -0.3 is 14.6 Å². The third-order valence-electron chi connectivity index (χ3n) is 4.07. The molecule has 124 valence electrons. The van der Waals surface area contributed by atoms with Crippen LogP contribution in [-0.4, -0.2) is 54.8 Å². The second-order valence-electron chi connectivity index (χ2n) is 5.61. The van der Waals surface area contributed by atoms with E-state index in [1.165, 1.54) is 0 Å². The summed E-state index contributed by atoms with van der Waals surface area (Å²) in [6.07, 6.45) is 1.75. The van der Waals surface area contributed by atoms with Crippen LogP contribution in [0.3, 0.4) is 0 Å². The number of aromatic nitrogens is 1. The number of nitrogens with zero attached hydrogens (tertiary/aromatic N) is 3. The minimum absolute atomic E-state index is 0.228. The second-order valence-corrected chi connectivity index (χ2v) is 5.61. The van der Waals surface area contributed by atoms with Crippen molar-refractivity contribution >= 4 is 5.91 Å². The predicted octanol–water partition coefficient (Wildman–Crippen LogP) is 1.41. The molecule has 1 aromatic carbocycles. The summed E-state index contributed by atoms with van der Waals surface area (Å²) in [7, 11) is 0. The molecule has 6 nitrogen and oxygen atoms in total. The van der Waals surface area contributed by atoms with Gasteiger partial charge in [-0.3, -0.25) is 9.69 Å². The lowest BCUT2D eigenvalue weighted by Gasteiger charge is -2.26. The highest BCUT2D eigenvalue weighted by Crippen LogP contribution is 2.16. The average Bonchev–Trinajstić information content (AvgIpc) is 3.07. The first-order chi connectivity index (χ1) is 11.8. The monoisotopic (exact) mass is 324 g/mol. The van der Waals surface area contributed by atoms with Crippen molar-refractivity contribution in [2.75, 3.05) is 39.4 Å². The molecule has 24 heavy (non-hydrogen) atoms. The number of nitrogens with one attached hydrogen (secondary N) is 1. The van der Waals surface area contributed by atoms with Crippen LogP contribution in [0.2, 0.25) is 0 Å². The molecule has 0 aliphatic carbocycles. The maximum Gasteiger partial charge on any atom is 0.269 e. The van der Waals surface area contributed by atoms with Gasteiger partial charge in [0.25, 0.3) is 5.91 Å². The third kappa shape index (κ3) is 3.65. The van der Waals surface area contributed by atoms with Crippen LogP contribution in [0.5, 0.6) is 0 Å². The minimum Gasteiger partial charge on any atom is -0.379 e. The van der Waals surface area contributed by atoms with Crippen molar-refractivity contribution < 1.29 is 9.53 Å². The molecule has 0 bridgehead atoms. The van der Waals surface area contributed by atoms with Crippen molar-refractivity contribution in [3.05, 3.63) is 53.9 Å². The van der Waals surface area contributed by atoms with E-state index in [0.29, 0.717) is 17.8 Å². The molecule has 1 saturated heterocycles. The molecule has 2 aromatic rings. The summed E-state index contributed by atoms with van der Waals surface area (Å²) >= 11 is 0. The summed E-state index contributed by atoms with van der Waals surface area (Å²) in [5.41, 5.74) is 1.62. The Balaban J connectivity index is 1.70. The normalized spacial score (nSPS) is 15.0. The van der Waals surface area contributed by atoms with Gasteiger partial charge in [0.2, 0.25) is 0 Å². The number of morpholine rings is 1. The molecule has 3 rings (SSSR count). The zero-order valence-corrected chi connectivity index (χ0v) is 13.4. The second kappa shape index (κ2) is 7.77. The van der Waals surface area contributed by atoms with Crippen LogP contribution in [0, 0.1) is 11.3 Å². The molecular weight excluding hydrogens is 304 g/mol. The van der Waals surface area contributed by atoms with Gasteiger partial charge in [0.05, 0.1) is 18.8 Å². The Labute approximate surface area is 141 Å². The van der Waals surface area contributed by atoms with Crippen molar-refractivity contribution in [3.8, 4) is 11.8 Å². The summed E-state index contributed by atoms with van der Waals surface area (Å²) in [6.45, 7) is 4.58. The number of para-hydroxylation sites is 1. The molecule has 1 amide bonds. The molecule has 2 heterocycles. The number of ether oxygens (including phenoxy) is 1. The Morgan fingerprint density at radius 1 is 1.21 bits per heavy atom. The summed E-state index contributed by atoms with van der Waals surface area (Å²) < 4.78 is 7.07. The average molecular weight is 324 g/mol. The van der Waals surface area contributed by atoms with E-state index >= 15 is 0 Å². The van der Waals surface area contributed by atoms with Gasteiger partial charge in [-0.2, -0.15) is 5.26 Å². The van der Waals surface area contributed by atoms with Crippen LogP contribution in [0.15, 0.2) is 42.6 Å². The topological polar surface area (TPSA) is 70.3 Å². The molecule has 1 aliphatic heterocycles. The Kier molecular flexibility index (Phi) is 5.26. The summed E-state index contributed by atoms with van der Waals surface area (Å²) in [4.78, 5) is 14.9. The highest BCUT2D eigenvalue weighted by Gasteiger charge is 2.18. The minimum atomic E-state index is -0.228. The zero-order valence-electron chi connectivity index (χ0n) is 13.4. The standard InChI is InChI=1S/C18H20N4O2/c19-14-15-6-8-22(16-4-2-1-3-5-16)17(15)18(23)20-7-9-21-10-12-24-13-11-21/h1-6,8H,7,9-13H2,(H,20,23). The molecule has 6 heteroatoms. The van der Waals surface area contributed by atoms with E-state index in [1.54, 1.807) is 16.8 Å².